The van der Waals surface area contributed by atoms with Crippen LogP contribution in [0.3, 0.4) is 0 Å². The lowest BCUT2D eigenvalue weighted by Crippen LogP contribution is -2.38. The quantitative estimate of drug-likeness (QED) is 0.588. The van der Waals surface area contributed by atoms with Crippen molar-refractivity contribution in [2.75, 3.05) is 42.9 Å². The van der Waals surface area contributed by atoms with Crippen LogP contribution >= 0.6 is 0 Å². The van der Waals surface area contributed by atoms with Crippen LogP contribution in [0.15, 0.2) is 12.5 Å². The van der Waals surface area contributed by atoms with Gasteiger partial charge in [0.2, 0.25) is 5.91 Å². The molecule has 2 saturated heterocycles. The van der Waals surface area contributed by atoms with Crippen LogP contribution in [-0.2, 0) is 16.8 Å². The van der Waals surface area contributed by atoms with Crippen molar-refractivity contribution in [1.82, 2.24) is 24.4 Å². The van der Waals surface area contributed by atoms with Crippen molar-refractivity contribution in [3.63, 3.8) is 0 Å². The summed E-state index contributed by atoms with van der Waals surface area (Å²) < 4.78 is 44.1. The average molecular weight is 532 g/mol. The Morgan fingerprint density at radius 1 is 1.05 bits per heavy atom. The van der Waals surface area contributed by atoms with Crippen molar-refractivity contribution in [3.05, 3.63) is 29.6 Å². The fourth-order valence-electron chi connectivity index (χ4n) is 6.60. The van der Waals surface area contributed by atoms with E-state index in [0.717, 1.165) is 44.8 Å². The Kier molecular flexibility index (Phi) is 6.60. The first kappa shape index (κ1) is 25.6. The Balaban J connectivity index is 1.22. The van der Waals surface area contributed by atoms with E-state index in [1.165, 1.54) is 44.1 Å². The van der Waals surface area contributed by atoms with E-state index in [9.17, 15) is 18.0 Å². The molecule has 6 rings (SSSR count). The molecular formula is C27H36F3N7O. The maximum atomic E-state index is 13.9. The lowest BCUT2D eigenvalue weighted by molar-refractivity contribution is -0.156. The number of carbonyl (C=O) groups excluding carboxylic acids is 1. The SMILES string of the molecule is CC1(c2cn(CCN3CCCC3)c(C3CCN(c4ncnc5c4C(C(F)(F)F)CC(=O)N5)CC3)n2)CCC1. The van der Waals surface area contributed by atoms with Crippen LogP contribution in [0, 0.1) is 0 Å². The molecule has 1 saturated carbocycles. The second kappa shape index (κ2) is 9.81. The van der Waals surface area contributed by atoms with Gasteiger partial charge in [-0.25, -0.2) is 15.0 Å². The molecule has 3 aliphatic heterocycles. The summed E-state index contributed by atoms with van der Waals surface area (Å²) in [6.45, 7) is 7.74. The summed E-state index contributed by atoms with van der Waals surface area (Å²) in [7, 11) is 0. The molecule has 2 aromatic heterocycles. The fraction of sp³-hybridized carbons (Fsp3) is 0.704. The van der Waals surface area contributed by atoms with Gasteiger partial charge in [-0.2, -0.15) is 13.2 Å². The molecule has 206 valence electrons. The van der Waals surface area contributed by atoms with Crippen molar-refractivity contribution < 1.29 is 18.0 Å². The molecule has 1 N–H and O–H groups in total. The Bertz CT molecular complexity index is 1180. The monoisotopic (exact) mass is 531 g/mol. The minimum Gasteiger partial charge on any atom is -0.356 e. The second-order valence-electron chi connectivity index (χ2n) is 11.7. The number of aromatic nitrogens is 4. The molecule has 1 unspecified atom stereocenters. The number of alkyl halides is 3. The number of halogens is 3. The molecule has 3 fully saturated rings. The average Bonchev–Trinajstić information content (AvgIpc) is 3.55. The van der Waals surface area contributed by atoms with Crippen molar-refractivity contribution in [2.24, 2.45) is 0 Å². The predicted octanol–water partition coefficient (Wildman–Crippen LogP) is 4.58. The number of anilines is 2. The molecule has 2 aromatic rings. The first-order valence-electron chi connectivity index (χ1n) is 14.0. The summed E-state index contributed by atoms with van der Waals surface area (Å²) in [4.78, 5) is 29.8. The third-order valence-electron chi connectivity index (χ3n) is 9.15. The highest BCUT2D eigenvalue weighted by Gasteiger charge is 2.48. The molecule has 4 aliphatic rings. The molecule has 11 heteroatoms. The lowest BCUT2D eigenvalue weighted by atomic mass is 9.68. The number of imidazole rings is 1. The van der Waals surface area contributed by atoms with Crippen molar-refractivity contribution >= 4 is 17.5 Å². The largest absolute Gasteiger partial charge is 0.396 e. The zero-order valence-corrected chi connectivity index (χ0v) is 21.9. The van der Waals surface area contributed by atoms with Gasteiger partial charge in [0.25, 0.3) is 0 Å². The van der Waals surface area contributed by atoms with Gasteiger partial charge in [-0.1, -0.05) is 13.3 Å². The van der Waals surface area contributed by atoms with Gasteiger partial charge >= 0.3 is 6.18 Å². The van der Waals surface area contributed by atoms with E-state index in [2.05, 4.69) is 37.9 Å². The fourth-order valence-corrected chi connectivity index (χ4v) is 6.60. The van der Waals surface area contributed by atoms with E-state index in [0.29, 0.717) is 13.1 Å². The summed E-state index contributed by atoms with van der Waals surface area (Å²) in [5.41, 5.74) is 1.34. The highest BCUT2D eigenvalue weighted by Crippen LogP contribution is 2.47. The minimum absolute atomic E-state index is 0.00893. The zero-order valence-electron chi connectivity index (χ0n) is 21.9. The maximum Gasteiger partial charge on any atom is 0.396 e. The smallest absolute Gasteiger partial charge is 0.356 e. The number of fused-ring (bicyclic) bond motifs is 1. The number of carbonyl (C=O) groups is 1. The van der Waals surface area contributed by atoms with E-state index in [-0.39, 0.29) is 28.5 Å². The van der Waals surface area contributed by atoms with Crippen LogP contribution in [0.4, 0.5) is 24.8 Å². The van der Waals surface area contributed by atoms with Crippen LogP contribution in [0.5, 0.6) is 0 Å². The number of hydrogen-bond acceptors (Lipinski definition) is 6. The molecule has 8 nitrogen and oxygen atoms in total. The van der Waals surface area contributed by atoms with Crippen LogP contribution < -0.4 is 10.2 Å². The predicted molar refractivity (Wildman–Crippen MR) is 137 cm³/mol. The third-order valence-corrected chi connectivity index (χ3v) is 9.15. The number of rotatable bonds is 6. The molecule has 0 spiro atoms. The molecule has 0 radical (unpaired) electrons. The van der Waals surface area contributed by atoms with E-state index < -0.39 is 24.4 Å². The molecule has 5 heterocycles. The van der Waals surface area contributed by atoms with Gasteiger partial charge in [-0.15, -0.1) is 0 Å². The highest BCUT2D eigenvalue weighted by atomic mass is 19.4. The number of amides is 1. The first-order valence-corrected chi connectivity index (χ1v) is 14.0. The van der Waals surface area contributed by atoms with Crippen molar-refractivity contribution in [3.8, 4) is 0 Å². The molecule has 1 atom stereocenters. The Morgan fingerprint density at radius 2 is 1.79 bits per heavy atom. The zero-order chi connectivity index (χ0) is 26.5. The van der Waals surface area contributed by atoms with Crippen molar-refractivity contribution in [2.45, 2.75) is 88.3 Å². The van der Waals surface area contributed by atoms with Gasteiger partial charge < -0.3 is 19.7 Å². The molecule has 1 amide bonds. The highest BCUT2D eigenvalue weighted by molar-refractivity contribution is 5.94. The second-order valence-corrected chi connectivity index (χ2v) is 11.7. The van der Waals surface area contributed by atoms with E-state index in [4.69, 9.17) is 4.98 Å². The van der Waals surface area contributed by atoms with Gasteiger partial charge in [-0.3, -0.25) is 4.79 Å². The Hall–Kier alpha value is -2.69. The molecular weight excluding hydrogens is 495 g/mol. The van der Waals surface area contributed by atoms with E-state index in [1.54, 1.807) is 0 Å². The molecule has 38 heavy (non-hydrogen) atoms. The van der Waals surface area contributed by atoms with Gasteiger partial charge in [-0.05, 0) is 51.6 Å². The summed E-state index contributed by atoms with van der Waals surface area (Å²) in [6, 6.07) is 0. The number of nitrogens with one attached hydrogen (secondary N) is 1. The Morgan fingerprint density at radius 3 is 2.45 bits per heavy atom. The summed E-state index contributed by atoms with van der Waals surface area (Å²) >= 11 is 0. The number of piperidine rings is 1. The molecule has 0 aromatic carbocycles. The maximum absolute atomic E-state index is 13.9. The van der Waals surface area contributed by atoms with E-state index in [1.807, 2.05) is 4.90 Å². The number of nitrogens with zero attached hydrogens (tertiary/aromatic N) is 6. The summed E-state index contributed by atoms with van der Waals surface area (Å²) in [6.07, 6.45) is 6.04. The van der Waals surface area contributed by atoms with Gasteiger partial charge in [0.05, 0.1) is 17.2 Å². The summed E-state index contributed by atoms with van der Waals surface area (Å²) in [5, 5.41) is 2.51. The topological polar surface area (TPSA) is 79.2 Å². The standard InChI is InChI=1S/C27H36F3N7O/c1-26(7-4-8-26)20-16-37(14-13-35-9-2-3-10-35)24(33-20)18-5-11-36(12-6-18)25-22-19(27(28,29)30)15-21(38)34-23(22)31-17-32-25/h16-19H,2-15H2,1H3,(H,31,32,34,38). The normalized spacial score (nSPS) is 24.3. The first-order chi connectivity index (χ1) is 18.2. The van der Waals surface area contributed by atoms with Gasteiger partial charge in [0, 0.05) is 50.1 Å². The van der Waals surface area contributed by atoms with Crippen LogP contribution in [0.25, 0.3) is 0 Å². The molecule has 0 bridgehead atoms. The van der Waals surface area contributed by atoms with Crippen LogP contribution in [-0.4, -0.2) is 69.2 Å². The van der Waals surface area contributed by atoms with Crippen LogP contribution in [0.2, 0.25) is 0 Å². The van der Waals surface area contributed by atoms with Gasteiger partial charge in [0.1, 0.15) is 23.8 Å². The third kappa shape index (κ3) is 4.78. The van der Waals surface area contributed by atoms with Crippen molar-refractivity contribution in [1.29, 1.82) is 0 Å². The summed E-state index contributed by atoms with van der Waals surface area (Å²) in [5.74, 6) is -0.923. The van der Waals surface area contributed by atoms with E-state index >= 15 is 0 Å². The lowest BCUT2D eigenvalue weighted by Gasteiger charge is -2.37. The van der Waals surface area contributed by atoms with Crippen LogP contribution in [0.1, 0.15) is 87.2 Å². The number of likely N-dealkylation sites (tertiary alicyclic amines) is 1. The molecule has 1 aliphatic carbocycles. The van der Waals surface area contributed by atoms with Gasteiger partial charge in [0.15, 0.2) is 0 Å². The minimum atomic E-state index is -4.54. The Labute approximate surface area is 221 Å². The number of hydrogen-bond donors (Lipinski definition) is 1.